The summed E-state index contributed by atoms with van der Waals surface area (Å²) in [5, 5.41) is 4.83. The van der Waals surface area contributed by atoms with Gasteiger partial charge in [-0.05, 0) is 44.3 Å². The maximum atomic E-state index is 3.93. The molecule has 0 saturated heterocycles. The molecule has 0 aliphatic heterocycles. The zero-order valence-corrected chi connectivity index (χ0v) is 11.7. The molecule has 0 aromatic rings. The lowest BCUT2D eigenvalue weighted by atomic mass is 9.99. The number of hydrogen-bond acceptors (Lipinski definition) is 2. The van der Waals surface area contributed by atoms with Gasteiger partial charge in [0, 0.05) is 17.3 Å². The lowest BCUT2D eigenvalue weighted by molar-refractivity contribution is 0.344. The second-order valence-electron chi connectivity index (χ2n) is 5.53. The predicted octanol–water partition coefficient (Wildman–Crippen LogP) is 3.83. The quantitative estimate of drug-likeness (QED) is 0.785. The van der Waals surface area contributed by atoms with Crippen LogP contribution in [-0.2, 0) is 0 Å². The highest BCUT2D eigenvalue weighted by atomic mass is 32.2. The summed E-state index contributed by atoms with van der Waals surface area (Å²) in [5.74, 6) is 2.24. The average molecular weight is 241 g/mol. The molecule has 1 N–H and O–H groups in total. The lowest BCUT2D eigenvalue weighted by Crippen LogP contribution is -2.43. The molecule has 3 unspecified atom stereocenters. The van der Waals surface area contributed by atoms with Crippen LogP contribution in [0.1, 0.15) is 58.8 Å². The highest BCUT2D eigenvalue weighted by Crippen LogP contribution is 2.32. The minimum Gasteiger partial charge on any atom is -0.310 e. The molecule has 0 aromatic carbocycles. The zero-order valence-electron chi connectivity index (χ0n) is 10.9. The topological polar surface area (TPSA) is 12.0 Å². The summed E-state index contributed by atoms with van der Waals surface area (Å²) in [4.78, 5) is 0. The molecule has 2 aliphatic rings. The van der Waals surface area contributed by atoms with Gasteiger partial charge in [0.2, 0.25) is 0 Å². The Balaban J connectivity index is 1.78. The second-order valence-corrected chi connectivity index (χ2v) is 7.05. The van der Waals surface area contributed by atoms with E-state index in [0.29, 0.717) is 0 Å². The van der Waals surface area contributed by atoms with Crippen LogP contribution in [0.3, 0.4) is 0 Å². The molecule has 16 heavy (non-hydrogen) atoms. The van der Waals surface area contributed by atoms with Gasteiger partial charge >= 0.3 is 0 Å². The summed E-state index contributed by atoms with van der Waals surface area (Å²) >= 11 is 2.17. The molecule has 0 heterocycles. The Bertz CT molecular complexity index is 201. The summed E-state index contributed by atoms with van der Waals surface area (Å²) < 4.78 is 0. The third kappa shape index (κ3) is 3.16. The predicted molar refractivity (Wildman–Crippen MR) is 74.1 cm³/mol. The lowest BCUT2D eigenvalue weighted by Gasteiger charge is -2.28. The molecule has 0 bridgehead atoms. The second kappa shape index (κ2) is 6.30. The van der Waals surface area contributed by atoms with Gasteiger partial charge in [-0.15, -0.1) is 0 Å². The molecule has 94 valence electrons. The molecule has 2 saturated carbocycles. The van der Waals surface area contributed by atoms with E-state index >= 15 is 0 Å². The molecule has 0 amide bonds. The molecule has 2 fully saturated rings. The van der Waals surface area contributed by atoms with Crippen LogP contribution < -0.4 is 5.32 Å². The Hall–Kier alpha value is 0.310. The molecule has 0 radical (unpaired) electrons. The van der Waals surface area contributed by atoms with Crippen molar-refractivity contribution in [1.29, 1.82) is 0 Å². The number of thioether (sulfide) groups is 1. The molecule has 2 rings (SSSR count). The average Bonchev–Trinajstić information content (AvgIpc) is 2.90. The first-order valence-corrected chi connectivity index (χ1v) is 8.23. The fourth-order valence-electron chi connectivity index (χ4n) is 3.46. The van der Waals surface area contributed by atoms with Crippen molar-refractivity contribution in [3.63, 3.8) is 0 Å². The Labute approximate surface area is 105 Å². The van der Waals surface area contributed by atoms with Crippen molar-refractivity contribution in [2.24, 2.45) is 5.92 Å². The van der Waals surface area contributed by atoms with Crippen LogP contribution in [0, 0.1) is 5.92 Å². The summed E-state index contributed by atoms with van der Waals surface area (Å²) in [6, 6.07) is 1.56. The Kier molecular flexibility index (Phi) is 5.02. The van der Waals surface area contributed by atoms with Crippen LogP contribution in [0.5, 0.6) is 0 Å². The van der Waals surface area contributed by atoms with E-state index in [4.69, 9.17) is 0 Å². The van der Waals surface area contributed by atoms with Crippen molar-refractivity contribution in [1.82, 2.24) is 5.32 Å². The molecule has 1 nitrogen and oxygen atoms in total. The highest BCUT2D eigenvalue weighted by molar-refractivity contribution is 7.99. The van der Waals surface area contributed by atoms with E-state index in [1.807, 2.05) is 0 Å². The van der Waals surface area contributed by atoms with Crippen molar-refractivity contribution in [3.8, 4) is 0 Å². The van der Waals surface area contributed by atoms with E-state index in [9.17, 15) is 0 Å². The minimum atomic E-state index is 0.755. The van der Waals surface area contributed by atoms with Crippen LogP contribution in [0.4, 0.5) is 0 Å². The first-order chi connectivity index (χ1) is 7.81. The fraction of sp³-hybridized carbons (Fsp3) is 1.00. The highest BCUT2D eigenvalue weighted by Gasteiger charge is 2.30. The molecule has 0 aromatic heterocycles. The van der Waals surface area contributed by atoms with Crippen molar-refractivity contribution in [2.45, 2.75) is 76.1 Å². The maximum Gasteiger partial charge on any atom is 0.0201 e. The Morgan fingerprint density at radius 1 is 1.12 bits per heavy atom. The van der Waals surface area contributed by atoms with Gasteiger partial charge in [-0.25, -0.2) is 0 Å². The monoisotopic (exact) mass is 241 g/mol. The van der Waals surface area contributed by atoms with Gasteiger partial charge in [-0.2, -0.15) is 11.8 Å². The van der Waals surface area contributed by atoms with Crippen LogP contribution in [-0.4, -0.2) is 23.1 Å². The van der Waals surface area contributed by atoms with E-state index in [2.05, 4.69) is 30.9 Å². The summed E-state index contributed by atoms with van der Waals surface area (Å²) in [6.45, 7) is 4.71. The van der Waals surface area contributed by atoms with Crippen LogP contribution in [0.25, 0.3) is 0 Å². The van der Waals surface area contributed by atoms with Crippen molar-refractivity contribution >= 4 is 11.8 Å². The molecule has 3 atom stereocenters. The van der Waals surface area contributed by atoms with E-state index in [1.165, 1.54) is 50.7 Å². The van der Waals surface area contributed by atoms with E-state index < -0.39 is 0 Å². The summed E-state index contributed by atoms with van der Waals surface area (Å²) in [6.07, 6.45) is 10.1. The maximum absolute atomic E-state index is 3.93. The summed E-state index contributed by atoms with van der Waals surface area (Å²) in [7, 11) is 0. The molecule has 2 aliphatic carbocycles. The van der Waals surface area contributed by atoms with Crippen LogP contribution in [0.15, 0.2) is 0 Å². The SMILES string of the molecule is CCSC1CCCC1NC(C)C1CCCC1. The third-order valence-electron chi connectivity index (χ3n) is 4.42. The Morgan fingerprint density at radius 2 is 1.88 bits per heavy atom. The van der Waals surface area contributed by atoms with Crippen LogP contribution in [0.2, 0.25) is 0 Å². The smallest absolute Gasteiger partial charge is 0.0201 e. The first-order valence-electron chi connectivity index (χ1n) is 7.19. The van der Waals surface area contributed by atoms with E-state index in [1.54, 1.807) is 0 Å². The van der Waals surface area contributed by atoms with Gasteiger partial charge in [0.25, 0.3) is 0 Å². The molecule has 0 spiro atoms. The molecular formula is C14H27NS. The van der Waals surface area contributed by atoms with Gasteiger partial charge in [-0.3, -0.25) is 0 Å². The van der Waals surface area contributed by atoms with Crippen molar-refractivity contribution in [2.75, 3.05) is 5.75 Å². The van der Waals surface area contributed by atoms with Gasteiger partial charge in [0.15, 0.2) is 0 Å². The van der Waals surface area contributed by atoms with Gasteiger partial charge < -0.3 is 5.32 Å². The Morgan fingerprint density at radius 3 is 2.56 bits per heavy atom. The standard InChI is InChI=1S/C14H27NS/c1-3-16-14-10-6-9-13(14)15-11(2)12-7-4-5-8-12/h11-15H,3-10H2,1-2H3. The van der Waals surface area contributed by atoms with Gasteiger partial charge in [-0.1, -0.05) is 26.2 Å². The first kappa shape index (κ1) is 12.8. The van der Waals surface area contributed by atoms with Crippen molar-refractivity contribution in [3.05, 3.63) is 0 Å². The van der Waals surface area contributed by atoms with Crippen molar-refractivity contribution < 1.29 is 0 Å². The van der Waals surface area contributed by atoms with Gasteiger partial charge in [0.1, 0.15) is 0 Å². The minimum absolute atomic E-state index is 0.755. The fourth-order valence-corrected chi connectivity index (χ4v) is 4.67. The number of rotatable bonds is 5. The number of nitrogens with one attached hydrogen (secondary N) is 1. The van der Waals surface area contributed by atoms with E-state index in [0.717, 1.165) is 23.3 Å². The largest absolute Gasteiger partial charge is 0.310 e. The molecule has 2 heteroatoms. The zero-order chi connectivity index (χ0) is 11.4. The molecular weight excluding hydrogens is 214 g/mol. The normalized spacial score (nSPS) is 33.4. The van der Waals surface area contributed by atoms with Gasteiger partial charge in [0.05, 0.1) is 0 Å². The number of hydrogen-bond donors (Lipinski definition) is 1. The van der Waals surface area contributed by atoms with E-state index in [-0.39, 0.29) is 0 Å². The van der Waals surface area contributed by atoms with Crippen LogP contribution >= 0.6 is 11.8 Å². The summed E-state index contributed by atoms with van der Waals surface area (Å²) in [5.41, 5.74) is 0. The third-order valence-corrected chi connectivity index (χ3v) is 5.74.